The SMILES string of the molecule is [2H]C([2H])(OC1C[C@H]2CC[C@@H](C1)N2c1ccc(C#N)c(C(F)(F)F)c1)c1c(-c2c(Cl)cccc2Cl)noc1C1CC1. The van der Waals surface area contributed by atoms with Crippen LogP contribution in [0.4, 0.5) is 18.9 Å². The van der Waals surface area contributed by atoms with Crippen molar-refractivity contribution >= 4 is 28.9 Å². The molecule has 3 aliphatic rings. The minimum Gasteiger partial charge on any atom is -0.373 e. The fourth-order valence-electron chi connectivity index (χ4n) is 5.73. The van der Waals surface area contributed by atoms with Crippen LogP contribution in [0.15, 0.2) is 40.9 Å². The summed E-state index contributed by atoms with van der Waals surface area (Å²) in [6.45, 7) is -2.28. The Labute approximate surface area is 230 Å². The summed E-state index contributed by atoms with van der Waals surface area (Å²) in [4.78, 5) is 1.97. The molecular formula is C28H24Cl2F3N3O2. The zero-order chi connectivity index (χ0) is 28.4. The molecule has 198 valence electrons. The van der Waals surface area contributed by atoms with Crippen molar-refractivity contribution in [1.82, 2.24) is 5.16 Å². The van der Waals surface area contributed by atoms with Gasteiger partial charge in [0.2, 0.25) is 0 Å². The molecule has 3 atom stereocenters. The summed E-state index contributed by atoms with van der Waals surface area (Å²) in [5.41, 5.74) is -0.190. The second kappa shape index (κ2) is 9.78. The quantitative estimate of drug-likeness (QED) is 0.303. The first-order valence-electron chi connectivity index (χ1n) is 13.5. The van der Waals surface area contributed by atoms with Crippen LogP contribution < -0.4 is 4.90 Å². The van der Waals surface area contributed by atoms with E-state index in [1.807, 2.05) is 4.90 Å². The van der Waals surface area contributed by atoms with Gasteiger partial charge in [-0.25, -0.2) is 0 Å². The number of nitriles is 1. The van der Waals surface area contributed by atoms with E-state index in [0.717, 1.165) is 31.7 Å². The van der Waals surface area contributed by atoms with E-state index in [0.29, 0.717) is 39.9 Å². The average molecular weight is 564 g/mol. The second-order valence-corrected chi connectivity index (χ2v) is 10.9. The Morgan fingerprint density at radius 3 is 2.39 bits per heavy atom. The minimum atomic E-state index is -4.64. The summed E-state index contributed by atoms with van der Waals surface area (Å²) in [6, 6.07) is 10.2. The number of halogens is 5. The van der Waals surface area contributed by atoms with Crippen molar-refractivity contribution in [1.29, 1.82) is 5.26 Å². The van der Waals surface area contributed by atoms with Gasteiger partial charge in [0.15, 0.2) is 0 Å². The largest absolute Gasteiger partial charge is 0.417 e. The molecule has 3 heterocycles. The van der Waals surface area contributed by atoms with E-state index in [1.165, 1.54) is 6.07 Å². The third-order valence-corrected chi connectivity index (χ3v) is 8.24. The van der Waals surface area contributed by atoms with Gasteiger partial charge in [-0.1, -0.05) is 34.4 Å². The summed E-state index contributed by atoms with van der Waals surface area (Å²) < 4.78 is 70.7. The Kier molecular flexibility index (Phi) is 5.97. The predicted molar refractivity (Wildman–Crippen MR) is 137 cm³/mol. The number of ether oxygens (including phenoxy) is 1. The molecule has 2 bridgehead atoms. The average Bonchev–Trinajstić information content (AvgIpc) is 3.58. The standard InChI is InChI=1S/C28H24Cl2F3N3O2/c29-23-2-1-3-24(30)25(23)26-21(27(38-35-26)15-4-5-15)14-37-20-10-17-8-9-18(11-20)36(17)19-7-6-16(13-34)22(12-19)28(31,32)33/h1-3,6-7,12,15,17-18,20H,4-5,8-11,14H2/t17-,18+,20?/i14D2. The number of piperidine rings is 1. The van der Waals surface area contributed by atoms with Gasteiger partial charge in [-0.15, -0.1) is 0 Å². The Morgan fingerprint density at radius 1 is 1.11 bits per heavy atom. The molecule has 1 saturated carbocycles. The van der Waals surface area contributed by atoms with Crippen molar-refractivity contribution in [3.05, 3.63) is 68.9 Å². The van der Waals surface area contributed by atoms with Crippen molar-refractivity contribution in [2.24, 2.45) is 0 Å². The van der Waals surface area contributed by atoms with Gasteiger partial charge in [-0.2, -0.15) is 18.4 Å². The number of nitrogens with zero attached hydrogens (tertiary/aromatic N) is 3. The van der Waals surface area contributed by atoms with Crippen LogP contribution in [-0.2, 0) is 17.5 Å². The molecule has 10 heteroatoms. The molecular weight excluding hydrogens is 538 g/mol. The van der Waals surface area contributed by atoms with Crippen LogP contribution in [0.5, 0.6) is 0 Å². The lowest BCUT2D eigenvalue weighted by Crippen LogP contribution is -2.45. The predicted octanol–water partition coefficient (Wildman–Crippen LogP) is 8.13. The van der Waals surface area contributed by atoms with E-state index < -0.39 is 30.0 Å². The van der Waals surface area contributed by atoms with Crippen molar-refractivity contribution in [2.75, 3.05) is 4.90 Å². The number of fused-ring (bicyclic) bond motifs is 2. The van der Waals surface area contributed by atoms with Crippen LogP contribution in [0.25, 0.3) is 11.3 Å². The number of anilines is 1. The first kappa shape index (κ1) is 23.2. The number of hydrogen-bond donors (Lipinski definition) is 0. The molecule has 6 rings (SSSR count). The smallest absolute Gasteiger partial charge is 0.373 e. The van der Waals surface area contributed by atoms with Crippen LogP contribution in [0.1, 0.15) is 69.6 Å². The molecule has 38 heavy (non-hydrogen) atoms. The maximum absolute atomic E-state index is 13.6. The van der Waals surface area contributed by atoms with E-state index in [2.05, 4.69) is 5.16 Å². The topological polar surface area (TPSA) is 62.3 Å². The van der Waals surface area contributed by atoms with Crippen molar-refractivity contribution < 1.29 is 25.2 Å². The minimum absolute atomic E-state index is 0.0356. The number of aromatic nitrogens is 1. The molecule has 1 unspecified atom stereocenters. The molecule has 1 aromatic heterocycles. The van der Waals surface area contributed by atoms with E-state index in [1.54, 1.807) is 30.3 Å². The fourth-order valence-corrected chi connectivity index (χ4v) is 6.31. The van der Waals surface area contributed by atoms with Gasteiger partial charge in [-0.3, -0.25) is 0 Å². The highest BCUT2D eigenvalue weighted by atomic mass is 35.5. The summed E-state index contributed by atoms with van der Waals surface area (Å²) >= 11 is 12.9. The number of benzene rings is 2. The molecule has 2 aliphatic heterocycles. The zero-order valence-electron chi connectivity index (χ0n) is 22.1. The molecule has 0 N–H and O–H groups in total. The summed E-state index contributed by atoms with van der Waals surface area (Å²) in [6.07, 6.45) is -1.07. The van der Waals surface area contributed by atoms with Crippen molar-refractivity contribution in [3.8, 4) is 17.3 Å². The summed E-state index contributed by atoms with van der Waals surface area (Å²) in [7, 11) is 0. The zero-order valence-corrected chi connectivity index (χ0v) is 21.6. The van der Waals surface area contributed by atoms with Gasteiger partial charge in [0.05, 0.1) is 42.6 Å². The Hall–Kier alpha value is -2.73. The Balaban J connectivity index is 1.28. The highest BCUT2D eigenvalue weighted by molar-refractivity contribution is 6.39. The third kappa shape index (κ3) is 4.66. The van der Waals surface area contributed by atoms with Crippen LogP contribution in [0, 0.1) is 11.3 Å². The van der Waals surface area contributed by atoms with Crippen LogP contribution in [-0.4, -0.2) is 23.3 Å². The molecule has 0 amide bonds. The lowest BCUT2D eigenvalue weighted by molar-refractivity contribution is -0.137. The highest BCUT2D eigenvalue weighted by Gasteiger charge is 2.43. The number of rotatable bonds is 6. The molecule has 2 aromatic carbocycles. The third-order valence-electron chi connectivity index (χ3n) is 7.61. The van der Waals surface area contributed by atoms with Crippen LogP contribution >= 0.6 is 23.2 Å². The first-order valence-corrected chi connectivity index (χ1v) is 13.3. The fraction of sp³-hybridized carbons (Fsp3) is 0.429. The Morgan fingerprint density at radius 2 is 1.79 bits per heavy atom. The van der Waals surface area contributed by atoms with E-state index in [4.69, 9.17) is 40.5 Å². The Bertz CT molecular complexity index is 1470. The normalized spacial score (nSPS) is 24.2. The van der Waals surface area contributed by atoms with Gasteiger partial charge in [0.1, 0.15) is 11.5 Å². The lowest BCUT2D eigenvalue weighted by atomic mass is 9.97. The van der Waals surface area contributed by atoms with Crippen LogP contribution in [0.2, 0.25) is 10.0 Å². The van der Waals surface area contributed by atoms with Gasteiger partial charge in [0.25, 0.3) is 0 Å². The van der Waals surface area contributed by atoms with Crippen molar-refractivity contribution in [3.63, 3.8) is 0 Å². The van der Waals surface area contributed by atoms with E-state index >= 15 is 0 Å². The lowest BCUT2D eigenvalue weighted by Gasteiger charge is -2.40. The van der Waals surface area contributed by atoms with Gasteiger partial charge in [-0.05, 0) is 68.9 Å². The van der Waals surface area contributed by atoms with Crippen LogP contribution in [0.3, 0.4) is 0 Å². The second-order valence-electron chi connectivity index (χ2n) is 10.1. The van der Waals surface area contributed by atoms with E-state index in [9.17, 15) is 13.2 Å². The summed E-state index contributed by atoms with van der Waals surface area (Å²) in [5, 5.41) is 14.0. The van der Waals surface area contributed by atoms with E-state index in [-0.39, 0.29) is 29.3 Å². The maximum Gasteiger partial charge on any atom is 0.417 e. The van der Waals surface area contributed by atoms with Gasteiger partial charge >= 0.3 is 6.18 Å². The number of alkyl halides is 3. The molecule has 0 spiro atoms. The number of hydrogen-bond acceptors (Lipinski definition) is 5. The molecule has 5 nitrogen and oxygen atoms in total. The van der Waals surface area contributed by atoms with Gasteiger partial charge in [0, 0.05) is 34.8 Å². The van der Waals surface area contributed by atoms with Gasteiger partial charge < -0.3 is 14.2 Å². The first-order chi connectivity index (χ1) is 19.0. The molecule has 0 radical (unpaired) electrons. The van der Waals surface area contributed by atoms with Crippen molar-refractivity contribution in [2.45, 2.75) is 75.4 Å². The highest BCUT2D eigenvalue weighted by Crippen LogP contribution is 2.47. The molecule has 3 aromatic rings. The summed E-state index contributed by atoms with van der Waals surface area (Å²) in [5.74, 6) is 0.460. The monoisotopic (exact) mass is 563 g/mol. The maximum atomic E-state index is 13.6. The molecule has 3 fully saturated rings. The molecule has 1 aliphatic carbocycles. The molecule has 2 saturated heterocycles.